The van der Waals surface area contributed by atoms with Gasteiger partial charge in [-0.3, -0.25) is 0 Å². The zero-order valence-electron chi connectivity index (χ0n) is 9.24. The first-order valence-corrected chi connectivity index (χ1v) is 5.86. The number of aromatic nitrogens is 1. The molecular formula is C13H14ClNO. The Kier molecular flexibility index (Phi) is 3.62. The van der Waals surface area contributed by atoms with E-state index in [2.05, 4.69) is 11.9 Å². The molecule has 84 valence electrons. The Morgan fingerprint density at radius 1 is 1.25 bits per heavy atom. The van der Waals surface area contributed by atoms with E-state index in [0.717, 1.165) is 23.6 Å². The highest BCUT2D eigenvalue weighted by molar-refractivity contribution is 6.35. The normalized spacial score (nSPS) is 10.6. The van der Waals surface area contributed by atoms with E-state index in [1.165, 1.54) is 0 Å². The van der Waals surface area contributed by atoms with Crippen LogP contribution in [0.15, 0.2) is 30.5 Å². The van der Waals surface area contributed by atoms with Gasteiger partial charge < -0.3 is 4.74 Å². The van der Waals surface area contributed by atoms with E-state index in [1.807, 2.05) is 24.3 Å². The van der Waals surface area contributed by atoms with Crippen LogP contribution in [0.2, 0.25) is 5.02 Å². The molecule has 0 bridgehead atoms. The van der Waals surface area contributed by atoms with Gasteiger partial charge in [0, 0.05) is 10.8 Å². The number of halogens is 1. The molecule has 0 amide bonds. The zero-order chi connectivity index (χ0) is 11.4. The lowest BCUT2D eigenvalue weighted by Crippen LogP contribution is -1.99. The molecule has 0 N–H and O–H groups in total. The highest BCUT2D eigenvalue weighted by Gasteiger charge is 2.06. The van der Waals surface area contributed by atoms with Crippen LogP contribution in [0.4, 0.5) is 0 Å². The van der Waals surface area contributed by atoms with Crippen molar-refractivity contribution in [3.05, 3.63) is 35.5 Å². The lowest BCUT2D eigenvalue weighted by molar-refractivity contribution is 0.302. The summed E-state index contributed by atoms with van der Waals surface area (Å²) in [4.78, 5) is 4.22. The fourth-order valence-corrected chi connectivity index (χ4v) is 1.77. The van der Waals surface area contributed by atoms with Gasteiger partial charge in [0.15, 0.2) is 0 Å². The van der Waals surface area contributed by atoms with Crippen molar-refractivity contribution >= 4 is 22.4 Å². The molecular weight excluding hydrogens is 222 g/mol. The summed E-state index contributed by atoms with van der Waals surface area (Å²) in [5.74, 6) is 0.674. The number of nitrogens with zero attached hydrogens (tertiary/aromatic N) is 1. The quantitative estimate of drug-likeness (QED) is 0.746. The molecule has 1 heterocycles. The molecule has 2 nitrogen and oxygen atoms in total. The largest absolute Gasteiger partial charge is 0.477 e. The molecule has 0 radical (unpaired) electrons. The first kappa shape index (κ1) is 11.2. The van der Waals surface area contributed by atoms with Crippen LogP contribution in [-0.2, 0) is 0 Å². The molecule has 0 aliphatic carbocycles. The third-order valence-electron chi connectivity index (χ3n) is 2.45. The average molecular weight is 236 g/mol. The van der Waals surface area contributed by atoms with Crippen molar-refractivity contribution in [2.24, 2.45) is 0 Å². The van der Waals surface area contributed by atoms with Crippen LogP contribution in [0.5, 0.6) is 5.88 Å². The van der Waals surface area contributed by atoms with Gasteiger partial charge in [-0.05, 0) is 12.5 Å². The number of hydrogen-bond donors (Lipinski definition) is 0. The molecule has 0 fully saturated rings. The maximum atomic E-state index is 6.07. The summed E-state index contributed by atoms with van der Waals surface area (Å²) in [6, 6.07) is 7.89. The number of hydrogen-bond acceptors (Lipinski definition) is 2. The van der Waals surface area contributed by atoms with Crippen LogP contribution in [0.1, 0.15) is 19.8 Å². The van der Waals surface area contributed by atoms with E-state index >= 15 is 0 Å². The minimum Gasteiger partial charge on any atom is -0.477 e. The molecule has 0 unspecified atom stereocenters. The van der Waals surface area contributed by atoms with E-state index in [1.54, 1.807) is 6.20 Å². The summed E-state index contributed by atoms with van der Waals surface area (Å²) in [5, 5.41) is 2.63. The number of unbranched alkanes of at least 4 members (excludes halogenated alkanes) is 1. The molecule has 1 aromatic heterocycles. The lowest BCUT2D eigenvalue weighted by atomic mass is 10.2. The number of pyridine rings is 1. The van der Waals surface area contributed by atoms with E-state index in [9.17, 15) is 0 Å². The summed E-state index contributed by atoms with van der Waals surface area (Å²) in [6.45, 7) is 2.84. The fourth-order valence-electron chi connectivity index (χ4n) is 1.56. The average Bonchev–Trinajstić information content (AvgIpc) is 2.33. The number of rotatable bonds is 4. The predicted molar refractivity (Wildman–Crippen MR) is 67.2 cm³/mol. The van der Waals surface area contributed by atoms with Gasteiger partial charge in [0.05, 0.1) is 17.8 Å². The van der Waals surface area contributed by atoms with Crippen molar-refractivity contribution in [2.45, 2.75) is 19.8 Å². The predicted octanol–water partition coefficient (Wildman–Crippen LogP) is 4.07. The second-order valence-electron chi connectivity index (χ2n) is 3.66. The monoisotopic (exact) mass is 235 g/mol. The molecule has 16 heavy (non-hydrogen) atoms. The Morgan fingerprint density at radius 3 is 2.75 bits per heavy atom. The Bertz CT molecular complexity index is 484. The van der Waals surface area contributed by atoms with Crippen LogP contribution in [0.25, 0.3) is 10.8 Å². The standard InChI is InChI=1S/C13H14ClNO/c1-2-3-8-16-13-11-7-5-4-6-10(11)12(14)9-15-13/h4-7,9H,2-3,8H2,1H3. The molecule has 0 aliphatic rings. The van der Waals surface area contributed by atoms with Crippen LogP contribution >= 0.6 is 11.6 Å². The minimum atomic E-state index is 0.665. The number of ether oxygens (including phenoxy) is 1. The van der Waals surface area contributed by atoms with E-state index in [0.29, 0.717) is 17.5 Å². The zero-order valence-corrected chi connectivity index (χ0v) is 10.00. The van der Waals surface area contributed by atoms with Gasteiger partial charge in [0.25, 0.3) is 0 Å². The Balaban J connectivity index is 2.35. The SMILES string of the molecule is CCCCOc1ncc(Cl)c2ccccc12. The first-order valence-electron chi connectivity index (χ1n) is 5.49. The van der Waals surface area contributed by atoms with Gasteiger partial charge in [-0.1, -0.05) is 43.1 Å². The van der Waals surface area contributed by atoms with Gasteiger partial charge in [0.1, 0.15) is 0 Å². The lowest BCUT2D eigenvalue weighted by Gasteiger charge is -2.08. The molecule has 0 spiro atoms. The molecule has 3 heteroatoms. The number of fused-ring (bicyclic) bond motifs is 1. The van der Waals surface area contributed by atoms with Crippen LogP contribution in [0, 0.1) is 0 Å². The Morgan fingerprint density at radius 2 is 2.00 bits per heavy atom. The molecule has 0 atom stereocenters. The van der Waals surface area contributed by atoms with Crippen molar-refractivity contribution in [3.63, 3.8) is 0 Å². The van der Waals surface area contributed by atoms with E-state index < -0.39 is 0 Å². The van der Waals surface area contributed by atoms with Crippen molar-refractivity contribution in [1.82, 2.24) is 4.98 Å². The summed E-state index contributed by atoms with van der Waals surface area (Å²) < 4.78 is 5.64. The van der Waals surface area contributed by atoms with Crippen LogP contribution in [0.3, 0.4) is 0 Å². The highest BCUT2D eigenvalue weighted by atomic mass is 35.5. The summed E-state index contributed by atoms with van der Waals surface area (Å²) >= 11 is 6.07. The fraction of sp³-hybridized carbons (Fsp3) is 0.308. The van der Waals surface area contributed by atoms with Crippen LogP contribution in [-0.4, -0.2) is 11.6 Å². The smallest absolute Gasteiger partial charge is 0.221 e. The van der Waals surface area contributed by atoms with Gasteiger partial charge in [-0.15, -0.1) is 0 Å². The Labute approximate surface area is 100 Å². The molecule has 0 saturated heterocycles. The topological polar surface area (TPSA) is 22.1 Å². The molecule has 2 rings (SSSR count). The number of benzene rings is 1. The van der Waals surface area contributed by atoms with Crippen molar-refractivity contribution in [2.75, 3.05) is 6.61 Å². The second kappa shape index (κ2) is 5.17. The second-order valence-corrected chi connectivity index (χ2v) is 4.07. The maximum absolute atomic E-state index is 6.07. The summed E-state index contributed by atoms with van der Waals surface area (Å²) in [5.41, 5.74) is 0. The maximum Gasteiger partial charge on any atom is 0.221 e. The molecule has 2 aromatic rings. The van der Waals surface area contributed by atoms with Gasteiger partial charge in [0.2, 0.25) is 5.88 Å². The van der Waals surface area contributed by atoms with Crippen molar-refractivity contribution < 1.29 is 4.74 Å². The summed E-state index contributed by atoms with van der Waals surface area (Å²) in [7, 11) is 0. The first-order chi connectivity index (χ1) is 7.83. The van der Waals surface area contributed by atoms with Gasteiger partial charge in [-0.2, -0.15) is 0 Å². The van der Waals surface area contributed by atoms with E-state index in [4.69, 9.17) is 16.3 Å². The molecule has 1 aromatic carbocycles. The van der Waals surface area contributed by atoms with Gasteiger partial charge >= 0.3 is 0 Å². The third kappa shape index (κ3) is 2.27. The van der Waals surface area contributed by atoms with E-state index in [-0.39, 0.29) is 0 Å². The van der Waals surface area contributed by atoms with Crippen molar-refractivity contribution in [3.8, 4) is 5.88 Å². The third-order valence-corrected chi connectivity index (χ3v) is 2.75. The molecule has 0 saturated carbocycles. The van der Waals surface area contributed by atoms with Crippen LogP contribution < -0.4 is 4.74 Å². The summed E-state index contributed by atoms with van der Waals surface area (Å²) in [6.07, 6.45) is 3.80. The highest BCUT2D eigenvalue weighted by Crippen LogP contribution is 2.28. The van der Waals surface area contributed by atoms with Crippen molar-refractivity contribution in [1.29, 1.82) is 0 Å². The molecule has 0 aliphatic heterocycles. The minimum absolute atomic E-state index is 0.665. The van der Waals surface area contributed by atoms with Gasteiger partial charge in [-0.25, -0.2) is 4.98 Å². The Hall–Kier alpha value is -1.28.